The molecule has 0 aliphatic heterocycles. The topological polar surface area (TPSA) is 49.4 Å². The van der Waals surface area contributed by atoms with Crippen molar-refractivity contribution in [3.05, 3.63) is 65.2 Å². The van der Waals surface area contributed by atoms with E-state index in [4.69, 9.17) is 0 Å². The summed E-state index contributed by atoms with van der Waals surface area (Å²) in [5, 5.41) is 3.04. The second-order valence-electron chi connectivity index (χ2n) is 8.58. The zero-order valence-electron chi connectivity index (χ0n) is 17.2. The number of carbonyl (C=O) groups is 2. The van der Waals surface area contributed by atoms with E-state index in [0.717, 1.165) is 55.3 Å². The van der Waals surface area contributed by atoms with Gasteiger partial charge in [-0.15, -0.1) is 0 Å². The fourth-order valence-corrected chi connectivity index (χ4v) is 4.09. The largest absolute Gasteiger partial charge is 0.353 e. The Kier molecular flexibility index (Phi) is 5.98. The molecular weight excluding hydrogens is 360 g/mol. The van der Waals surface area contributed by atoms with Gasteiger partial charge in [-0.2, -0.15) is 0 Å². The Balaban J connectivity index is 1.55. The third-order valence-electron chi connectivity index (χ3n) is 5.96. The summed E-state index contributed by atoms with van der Waals surface area (Å²) in [4.78, 5) is 27.5. The van der Waals surface area contributed by atoms with Gasteiger partial charge in [0.25, 0.3) is 0 Å². The first-order valence-electron chi connectivity index (χ1n) is 10.8. The molecule has 4 rings (SSSR count). The summed E-state index contributed by atoms with van der Waals surface area (Å²) in [6, 6.07) is 16.7. The maximum absolute atomic E-state index is 13.4. The maximum atomic E-state index is 13.4. The Labute approximate surface area is 173 Å². The molecule has 0 aromatic heterocycles. The number of carbonyl (C=O) groups excluding carboxylic acids is 2. The van der Waals surface area contributed by atoms with Crippen molar-refractivity contribution in [3.8, 4) is 0 Å². The summed E-state index contributed by atoms with van der Waals surface area (Å²) in [7, 11) is 0. The van der Waals surface area contributed by atoms with Gasteiger partial charge in [-0.3, -0.25) is 9.59 Å². The molecule has 0 radical (unpaired) electrons. The second kappa shape index (κ2) is 8.81. The highest BCUT2D eigenvalue weighted by atomic mass is 16.2. The standard InChI is InChI=1S/C25H30N2O2/c1-18-9-11-19(12-10-18)17-27(25(29)21-6-2-3-7-21)23-8-4-5-20(15-23)16-24(28)26-22-13-14-22/h4-5,8-12,15,21-22H,2-3,6-7,13-14,16-17H2,1H3,(H,26,28). The van der Waals surface area contributed by atoms with Crippen LogP contribution < -0.4 is 10.2 Å². The van der Waals surface area contributed by atoms with E-state index in [1.54, 1.807) is 0 Å². The first kappa shape index (κ1) is 19.7. The van der Waals surface area contributed by atoms with Gasteiger partial charge in [-0.05, 0) is 55.9 Å². The number of amides is 2. The quantitative estimate of drug-likeness (QED) is 0.755. The molecule has 0 saturated heterocycles. The first-order valence-corrected chi connectivity index (χ1v) is 10.8. The van der Waals surface area contributed by atoms with Crippen LogP contribution in [-0.4, -0.2) is 17.9 Å². The van der Waals surface area contributed by atoms with E-state index in [-0.39, 0.29) is 17.7 Å². The molecule has 0 unspecified atom stereocenters. The normalized spacial score (nSPS) is 16.6. The van der Waals surface area contributed by atoms with Gasteiger partial charge in [0.15, 0.2) is 0 Å². The third kappa shape index (κ3) is 5.26. The van der Waals surface area contributed by atoms with Crippen LogP contribution in [0.1, 0.15) is 55.2 Å². The number of anilines is 1. The molecule has 2 aromatic carbocycles. The fourth-order valence-electron chi connectivity index (χ4n) is 4.09. The molecule has 1 N–H and O–H groups in total. The molecule has 0 atom stereocenters. The molecule has 0 spiro atoms. The van der Waals surface area contributed by atoms with E-state index in [9.17, 15) is 9.59 Å². The van der Waals surface area contributed by atoms with Crippen LogP contribution in [0.15, 0.2) is 48.5 Å². The van der Waals surface area contributed by atoms with Gasteiger partial charge in [0.05, 0.1) is 13.0 Å². The number of rotatable bonds is 7. The van der Waals surface area contributed by atoms with E-state index in [0.29, 0.717) is 19.0 Å². The van der Waals surface area contributed by atoms with Gasteiger partial charge < -0.3 is 10.2 Å². The number of benzene rings is 2. The van der Waals surface area contributed by atoms with Crippen LogP contribution in [0.2, 0.25) is 0 Å². The summed E-state index contributed by atoms with van der Waals surface area (Å²) in [6.45, 7) is 2.63. The Bertz CT molecular complexity index is 865. The van der Waals surface area contributed by atoms with Crippen LogP contribution in [0.25, 0.3) is 0 Å². The molecule has 4 heteroatoms. The molecule has 2 aliphatic carbocycles. The predicted octanol–water partition coefficient (Wildman–Crippen LogP) is 4.54. The average molecular weight is 391 g/mol. The molecule has 2 aliphatic rings. The molecule has 2 amide bonds. The minimum atomic E-state index is 0.0665. The Morgan fingerprint density at radius 3 is 2.38 bits per heavy atom. The third-order valence-corrected chi connectivity index (χ3v) is 5.96. The highest BCUT2D eigenvalue weighted by molar-refractivity contribution is 5.95. The van der Waals surface area contributed by atoms with Crippen molar-refractivity contribution < 1.29 is 9.59 Å². The van der Waals surface area contributed by atoms with Crippen molar-refractivity contribution in [1.82, 2.24) is 5.32 Å². The molecule has 2 aromatic rings. The lowest BCUT2D eigenvalue weighted by atomic mass is 10.0. The average Bonchev–Trinajstić information content (AvgIpc) is 3.35. The monoisotopic (exact) mass is 390 g/mol. The maximum Gasteiger partial charge on any atom is 0.230 e. The summed E-state index contributed by atoms with van der Waals surface area (Å²) in [6.07, 6.45) is 6.77. The van der Waals surface area contributed by atoms with Crippen LogP contribution in [0.5, 0.6) is 0 Å². The van der Waals surface area contributed by atoms with Crippen LogP contribution in [0.3, 0.4) is 0 Å². The van der Waals surface area contributed by atoms with Gasteiger partial charge in [-0.1, -0.05) is 54.8 Å². The fraction of sp³-hybridized carbons (Fsp3) is 0.440. The van der Waals surface area contributed by atoms with Crippen molar-refractivity contribution >= 4 is 17.5 Å². The van der Waals surface area contributed by atoms with Gasteiger partial charge in [0.2, 0.25) is 11.8 Å². The number of hydrogen-bond acceptors (Lipinski definition) is 2. The number of hydrogen-bond donors (Lipinski definition) is 1. The lowest BCUT2D eigenvalue weighted by Crippen LogP contribution is -2.35. The Hall–Kier alpha value is -2.62. The lowest BCUT2D eigenvalue weighted by Gasteiger charge is -2.26. The molecule has 4 nitrogen and oxygen atoms in total. The highest BCUT2D eigenvalue weighted by Gasteiger charge is 2.28. The zero-order valence-corrected chi connectivity index (χ0v) is 17.2. The summed E-state index contributed by atoms with van der Waals surface area (Å²) >= 11 is 0. The second-order valence-corrected chi connectivity index (χ2v) is 8.58. The molecule has 2 saturated carbocycles. The van der Waals surface area contributed by atoms with Gasteiger partial charge >= 0.3 is 0 Å². The summed E-state index contributed by atoms with van der Waals surface area (Å²) < 4.78 is 0. The predicted molar refractivity (Wildman–Crippen MR) is 116 cm³/mol. The zero-order chi connectivity index (χ0) is 20.2. The van der Waals surface area contributed by atoms with Crippen molar-refractivity contribution in [2.45, 2.75) is 64.5 Å². The van der Waals surface area contributed by atoms with E-state index >= 15 is 0 Å². The Morgan fingerprint density at radius 1 is 0.966 bits per heavy atom. The van der Waals surface area contributed by atoms with Crippen LogP contribution in [0.4, 0.5) is 5.69 Å². The smallest absolute Gasteiger partial charge is 0.230 e. The van der Waals surface area contributed by atoms with E-state index in [1.165, 1.54) is 5.56 Å². The van der Waals surface area contributed by atoms with Crippen LogP contribution in [0, 0.1) is 12.8 Å². The van der Waals surface area contributed by atoms with Crippen molar-refractivity contribution in [3.63, 3.8) is 0 Å². The molecule has 2 fully saturated rings. The first-order chi connectivity index (χ1) is 14.1. The van der Waals surface area contributed by atoms with Crippen LogP contribution in [-0.2, 0) is 22.6 Å². The number of nitrogens with zero attached hydrogens (tertiary/aromatic N) is 1. The summed E-state index contributed by atoms with van der Waals surface area (Å²) in [5.74, 6) is 0.391. The Morgan fingerprint density at radius 2 is 1.69 bits per heavy atom. The molecule has 0 heterocycles. The molecule has 29 heavy (non-hydrogen) atoms. The SMILES string of the molecule is Cc1ccc(CN(C(=O)C2CCCC2)c2cccc(CC(=O)NC3CC3)c2)cc1. The molecule has 0 bridgehead atoms. The van der Waals surface area contributed by atoms with E-state index < -0.39 is 0 Å². The molecular formula is C25H30N2O2. The van der Waals surface area contributed by atoms with Gasteiger partial charge in [0, 0.05) is 17.6 Å². The van der Waals surface area contributed by atoms with E-state index in [1.807, 2.05) is 29.2 Å². The van der Waals surface area contributed by atoms with Crippen LogP contribution >= 0.6 is 0 Å². The molecule has 152 valence electrons. The number of aryl methyl sites for hydroxylation is 1. The van der Waals surface area contributed by atoms with Crippen molar-refractivity contribution in [1.29, 1.82) is 0 Å². The number of nitrogens with one attached hydrogen (secondary N) is 1. The highest BCUT2D eigenvalue weighted by Crippen LogP contribution is 2.30. The van der Waals surface area contributed by atoms with E-state index in [2.05, 4.69) is 36.5 Å². The van der Waals surface area contributed by atoms with Gasteiger partial charge in [0.1, 0.15) is 0 Å². The summed E-state index contributed by atoms with van der Waals surface area (Å²) in [5.41, 5.74) is 4.18. The van der Waals surface area contributed by atoms with Gasteiger partial charge in [-0.25, -0.2) is 0 Å². The van der Waals surface area contributed by atoms with Crippen molar-refractivity contribution in [2.75, 3.05) is 4.90 Å². The minimum absolute atomic E-state index is 0.0665. The van der Waals surface area contributed by atoms with Crippen molar-refractivity contribution in [2.24, 2.45) is 5.92 Å². The minimum Gasteiger partial charge on any atom is -0.353 e. The lowest BCUT2D eigenvalue weighted by molar-refractivity contribution is -0.122.